The van der Waals surface area contributed by atoms with E-state index in [9.17, 15) is 9.59 Å². The van der Waals surface area contributed by atoms with Gasteiger partial charge in [0.2, 0.25) is 5.88 Å². The SMILES string of the molecule is CCOc1ncnc2sc(C(=O)NCCCCCCCCCCC(=O)O)c(C)c12. The highest BCUT2D eigenvalue weighted by atomic mass is 32.1. The van der Waals surface area contributed by atoms with Crippen molar-refractivity contribution in [3.8, 4) is 5.88 Å². The van der Waals surface area contributed by atoms with Gasteiger partial charge in [-0.2, -0.15) is 0 Å². The molecule has 29 heavy (non-hydrogen) atoms. The molecule has 0 radical (unpaired) electrons. The summed E-state index contributed by atoms with van der Waals surface area (Å²) in [7, 11) is 0. The van der Waals surface area contributed by atoms with E-state index in [1.807, 2.05) is 13.8 Å². The lowest BCUT2D eigenvalue weighted by Gasteiger charge is -2.05. The van der Waals surface area contributed by atoms with Crippen LogP contribution in [0.25, 0.3) is 10.2 Å². The molecule has 8 heteroatoms. The summed E-state index contributed by atoms with van der Waals surface area (Å²) >= 11 is 1.38. The van der Waals surface area contributed by atoms with E-state index in [-0.39, 0.29) is 12.3 Å². The number of fused-ring (bicyclic) bond motifs is 1. The Hall–Kier alpha value is -2.22. The van der Waals surface area contributed by atoms with Crippen molar-refractivity contribution < 1.29 is 19.4 Å². The fraction of sp³-hybridized carbons (Fsp3) is 0.619. The number of carboxylic acid groups (broad SMARTS) is 1. The topological polar surface area (TPSA) is 101 Å². The van der Waals surface area contributed by atoms with Gasteiger partial charge in [0, 0.05) is 13.0 Å². The Bertz CT molecular complexity index is 807. The van der Waals surface area contributed by atoms with Gasteiger partial charge in [-0.25, -0.2) is 9.97 Å². The molecule has 0 saturated carbocycles. The number of carbonyl (C=O) groups excluding carboxylic acids is 1. The molecule has 0 spiro atoms. The number of nitrogens with zero attached hydrogens (tertiary/aromatic N) is 2. The predicted octanol–water partition coefficient (Wildman–Crippen LogP) is 4.72. The van der Waals surface area contributed by atoms with Crippen molar-refractivity contribution in [2.75, 3.05) is 13.2 Å². The zero-order chi connectivity index (χ0) is 21.1. The first kappa shape index (κ1) is 23.1. The molecule has 0 aliphatic heterocycles. The average molecular weight is 422 g/mol. The number of thiophene rings is 1. The van der Waals surface area contributed by atoms with E-state index < -0.39 is 5.97 Å². The number of aromatic nitrogens is 2. The molecule has 2 aromatic heterocycles. The molecule has 0 atom stereocenters. The van der Waals surface area contributed by atoms with Gasteiger partial charge in [0.1, 0.15) is 11.2 Å². The molecule has 0 unspecified atom stereocenters. The lowest BCUT2D eigenvalue weighted by Crippen LogP contribution is -2.24. The number of aryl methyl sites for hydroxylation is 1. The van der Waals surface area contributed by atoms with Crippen molar-refractivity contribution >= 4 is 33.4 Å². The normalized spacial score (nSPS) is 11.0. The Morgan fingerprint density at radius 2 is 1.72 bits per heavy atom. The Morgan fingerprint density at radius 3 is 2.38 bits per heavy atom. The van der Waals surface area contributed by atoms with Crippen LogP contribution >= 0.6 is 11.3 Å². The molecule has 2 aromatic rings. The van der Waals surface area contributed by atoms with Crippen LogP contribution in [-0.2, 0) is 4.79 Å². The molecule has 0 aromatic carbocycles. The van der Waals surface area contributed by atoms with Crippen LogP contribution < -0.4 is 10.1 Å². The van der Waals surface area contributed by atoms with E-state index >= 15 is 0 Å². The summed E-state index contributed by atoms with van der Waals surface area (Å²) in [6, 6.07) is 0. The molecule has 0 aliphatic rings. The quantitative estimate of drug-likeness (QED) is 0.428. The summed E-state index contributed by atoms with van der Waals surface area (Å²) in [5.74, 6) is -0.236. The van der Waals surface area contributed by atoms with Crippen LogP contribution in [0.2, 0.25) is 0 Å². The number of hydrogen-bond donors (Lipinski definition) is 2. The maximum atomic E-state index is 12.6. The van der Waals surface area contributed by atoms with Crippen molar-refractivity contribution in [1.29, 1.82) is 0 Å². The first-order valence-corrected chi connectivity index (χ1v) is 11.2. The molecule has 0 saturated heterocycles. The number of nitrogens with one attached hydrogen (secondary N) is 1. The van der Waals surface area contributed by atoms with Gasteiger partial charge < -0.3 is 15.2 Å². The van der Waals surface area contributed by atoms with Crippen LogP contribution in [0.1, 0.15) is 79.9 Å². The van der Waals surface area contributed by atoms with Gasteiger partial charge in [0.25, 0.3) is 5.91 Å². The lowest BCUT2D eigenvalue weighted by molar-refractivity contribution is -0.137. The van der Waals surface area contributed by atoms with Crippen molar-refractivity contribution in [3.05, 3.63) is 16.8 Å². The maximum absolute atomic E-state index is 12.6. The van der Waals surface area contributed by atoms with Crippen molar-refractivity contribution in [1.82, 2.24) is 15.3 Å². The molecule has 160 valence electrons. The van der Waals surface area contributed by atoms with E-state index in [0.717, 1.165) is 67.1 Å². The number of hydrogen-bond acceptors (Lipinski definition) is 6. The zero-order valence-corrected chi connectivity index (χ0v) is 18.1. The van der Waals surface area contributed by atoms with Gasteiger partial charge in [-0.3, -0.25) is 9.59 Å². The van der Waals surface area contributed by atoms with Crippen LogP contribution in [-0.4, -0.2) is 40.1 Å². The first-order valence-electron chi connectivity index (χ1n) is 10.4. The van der Waals surface area contributed by atoms with Gasteiger partial charge in [0.15, 0.2) is 0 Å². The number of carbonyl (C=O) groups is 2. The summed E-state index contributed by atoms with van der Waals surface area (Å²) < 4.78 is 5.57. The molecule has 2 rings (SSSR count). The summed E-state index contributed by atoms with van der Waals surface area (Å²) in [5, 5.41) is 12.4. The second kappa shape index (κ2) is 12.4. The fourth-order valence-electron chi connectivity index (χ4n) is 3.25. The molecule has 2 N–H and O–H groups in total. The molecule has 7 nitrogen and oxygen atoms in total. The summed E-state index contributed by atoms with van der Waals surface area (Å²) in [6.07, 6.45) is 10.1. The van der Waals surface area contributed by atoms with Gasteiger partial charge in [0.05, 0.1) is 16.9 Å². The van der Waals surface area contributed by atoms with E-state index in [1.54, 1.807) is 0 Å². The van der Waals surface area contributed by atoms with Gasteiger partial charge >= 0.3 is 5.97 Å². The van der Waals surface area contributed by atoms with E-state index in [0.29, 0.717) is 23.9 Å². The maximum Gasteiger partial charge on any atom is 0.303 e. The third-order valence-electron chi connectivity index (χ3n) is 4.78. The Kier molecular flexibility index (Phi) is 9.83. The van der Waals surface area contributed by atoms with E-state index in [2.05, 4.69) is 15.3 Å². The molecule has 1 amide bonds. The average Bonchev–Trinajstić information content (AvgIpc) is 3.03. The third-order valence-corrected chi connectivity index (χ3v) is 5.98. The van der Waals surface area contributed by atoms with Crippen LogP contribution in [0.3, 0.4) is 0 Å². The number of amides is 1. The fourth-order valence-corrected chi connectivity index (χ4v) is 4.30. The second-order valence-electron chi connectivity index (χ2n) is 7.08. The smallest absolute Gasteiger partial charge is 0.303 e. The van der Waals surface area contributed by atoms with Gasteiger partial charge in [-0.15, -0.1) is 11.3 Å². The molecule has 2 heterocycles. The Labute approximate surface area is 175 Å². The molecular formula is C21H31N3O4S. The van der Waals surface area contributed by atoms with Crippen molar-refractivity contribution in [2.45, 2.75) is 71.6 Å². The predicted molar refractivity (Wildman–Crippen MR) is 115 cm³/mol. The standard InChI is InChI=1S/C21H31N3O4S/c1-3-28-20-17-15(2)18(29-21(17)24-14-23-20)19(27)22-13-11-9-7-5-4-6-8-10-12-16(25)26/h14H,3-13H2,1-2H3,(H,22,27)(H,25,26). The summed E-state index contributed by atoms with van der Waals surface area (Å²) in [6.45, 7) is 5.00. The highest BCUT2D eigenvalue weighted by molar-refractivity contribution is 7.20. The Morgan fingerprint density at radius 1 is 1.07 bits per heavy atom. The van der Waals surface area contributed by atoms with Crippen LogP contribution in [0.5, 0.6) is 5.88 Å². The van der Waals surface area contributed by atoms with E-state index in [4.69, 9.17) is 9.84 Å². The Balaban J connectivity index is 1.66. The monoisotopic (exact) mass is 421 g/mol. The van der Waals surface area contributed by atoms with Crippen LogP contribution in [0.4, 0.5) is 0 Å². The highest BCUT2D eigenvalue weighted by Gasteiger charge is 2.19. The van der Waals surface area contributed by atoms with Gasteiger partial charge in [-0.05, 0) is 32.3 Å². The minimum atomic E-state index is -0.708. The zero-order valence-electron chi connectivity index (χ0n) is 17.3. The van der Waals surface area contributed by atoms with Crippen molar-refractivity contribution in [3.63, 3.8) is 0 Å². The number of rotatable bonds is 14. The number of unbranched alkanes of at least 4 members (excludes halogenated alkanes) is 7. The second-order valence-corrected chi connectivity index (χ2v) is 8.08. The minimum Gasteiger partial charge on any atom is -0.481 e. The van der Waals surface area contributed by atoms with E-state index in [1.165, 1.54) is 17.7 Å². The van der Waals surface area contributed by atoms with Crippen LogP contribution in [0.15, 0.2) is 6.33 Å². The molecular weight excluding hydrogens is 390 g/mol. The largest absolute Gasteiger partial charge is 0.481 e. The third kappa shape index (κ3) is 7.27. The highest BCUT2D eigenvalue weighted by Crippen LogP contribution is 2.34. The van der Waals surface area contributed by atoms with Gasteiger partial charge in [-0.1, -0.05) is 38.5 Å². The number of ether oxygens (including phenoxy) is 1. The lowest BCUT2D eigenvalue weighted by atomic mass is 10.1. The number of carboxylic acids is 1. The first-order chi connectivity index (χ1) is 14.0. The molecule has 0 bridgehead atoms. The summed E-state index contributed by atoms with van der Waals surface area (Å²) in [5.41, 5.74) is 0.870. The van der Waals surface area contributed by atoms with Crippen LogP contribution in [0, 0.1) is 6.92 Å². The minimum absolute atomic E-state index is 0.0635. The molecule has 0 aliphatic carbocycles. The number of aliphatic carboxylic acids is 1. The molecule has 0 fully saturated rings. The van der Waals surface area contributed by atoms with Crippen molar-refractivity contribution in [2.24, 2.45) is 0 Å². The summed E-state index contributed by atoms with van der Waals surface area (Å²) in [4.78, 5) is 32.9.